The summed E-state index contributed by atoms with van der Waals surface area (Å²) in [5.41, 5.74) is 5.66. The van der Waals surface area contributed by atoms with Gasteiger partial charge in [0, 0.05) is 35.8 Å². The van der Waals surface area contributed by atoms with Gasteiger partial charge in [-0.2, -0.15) is 4.31 Å². The highest BCUT2D eigenvalue weighted by Crippen LogP contribution is 2.30. The molecular formula is C31H38ClN3O6S. The number of halogens is 1. The molecule has 9 nitrogen and oxygen atoms in total. The van der Waals surface area contributed by atoms with Crippen LogP contribution in [0, 0.1) is 5.92 Å². The molecule has 1 amide bonds. The number of rotatable bonds is 12. The first-order valence-electron chi connectivity index (χ1n) is 13.9. The molecule has 0 radical (unpaired) electrons. The summed E-state index contributed by atoms with van der Waals surface area (Å²) in [6.07, 6.45) is -0.735. The SMILES string of the molecule is CC(C)CN(C[C@@H](O)[C@@](C)(NC(=O)c1cc(Cl)cc(O[C@H]2CCOC2)c1)c1ccccc1)S(=O)(=O)c1ccc(N)cc1. The number of sulfonamides is 1. The van der Waals surface area contributed by atoms with E-state index in [2.05, 4.69) is 5.32 Å². The Balaban J connectivity index is 1.65. The molecule has 0 unspecified atom stereocenters. The second-order valence-electron chi connectivity index (χ2n) is 11.1. The average molecular weight is 616 g/mol. The molecule has 0 spiro atoms. The van der Waals surface area contributed by atoms with Crippen LogP contribution >= 0.6 is 11.6 Å². The number of nitrogens with one attached hydrogen (secondary N) is 1. The normalized spacial score (nSPS) is 17.6. The van der Waals surface area contributed by atoms with Crippen molar-refractivity contribution >= 4 is 33.2 Å². The maximum Gasteiger partial charge on any atom is 0.252 e. The van der Waals surface area contributed by atoms with Gasteiger partial charge in [-0.15, -0.1) is 0 Å². The van der Waals surface area contributed by atoms with E-state index in [1.54, 1.807) is 43.3 Å². The lowest BCUT2D eigenvalue weighted by Gasteiger charge is -2.38. The van der Waals surface area contributed by atoms with Gasteiger partial charge < -0.3 is 25.6 Å². The second-order valence-corrected chi connectivity index (χ2v) is 13.5. The maximum atomic E-state index is 13.7. The summed E-state index contributed by atoms with van der Waals surface area (Å²) in [5, 5.41) is 15.0. The summed E-state index contributed by atoms with van der Waals surface area (Å²) in [4.78, 5) is 13.8. The van der Waals surface area contributed by atoms with Gasteiger partial charge in [0.05, 0.1) is 29.8 Å². The van der Waals surface area contributed by atoms with E-state index in [-0.39, 0.29) is 35.6 Å². The zero-order valence-electron chi connectivity index (χ0n) is 24.0. The van der Waals surface area contributed by atoms with Crippen molar-refractivity contribution in [3.8, 4) is 5.75 Å². The van der Waals surface area contributed by atoms with Crippen molar-refractivity contribution in [2.45, 2.75) is 49.8 Å². The Morgan fingerprint density at radius 1 is 1.14 bits per heavy atom. The van der Waals surface area contributed by atoms with Crippen molar-refractivity contribution in [1.82, 2.24) is 9.62 Å². The molecule has 0 bridgehead atoms. The molecule has 4 N–H and O–H groups in total. The van der Waals surface area contributed by atoms with E-state index in [9.17, 15) is 18.3 Å². The van der Waals surface area contributed by atoms with Crippen molar-refractivity contribution in [1.29, 1.82) is 0 Å². The Morgan fingerprint density at radius 3 is 2.45 bits per heavy atom. The highest BCUT2D eigenvalue weighted by molar-refractivity contribution is 7.89. The van der Waals surface area contributed by atoms with Gasteiger partial charge in [-0.05, 0) is 60.9 Å². The molecule has 0 saturated carbocycles. The summed E-state index contributed by atoms with van der Waals surface area (Å²) >= 11 is 6.34. The largest absolute Gasteiger partial charge is 0.488 e. The van der Waals surface area contributed by atoms with Crippen molar-refractivity contribution in [3.05, 3.63) is 88.9 Å². The Bertz CT molecular complexity index is 1460. The number of carbonyl (C=O) groups is 1. The molecule has 11 heteroatoms. The fraction of sp³-hybridized carbons (Fsp3) is 0.387. The Labute approximate surface area is 252 Å². The molecule has 0 aliphatic carbocycles. The summed E-state index contributed by atoms with van der Waals surface area (Å²) in [6.45, 7) is 6.40. The number of ether oxygens (including phenoxy) is 2. The number of nitrogens with zero attached hydrogens (tertiary/aromatic N) is 1. The predicted octanol–water partition coefficient (Wildman–Crippen LogP) is 4.44. The van der Waals surface area contributed by atoms with Gasteiger partial charge in [0.15, 0.2) is 0 Å². The molecule has 3 aromatic rings. The highest BCUT2D eigenvalue weighted by atomic mass is 35.5. The first-order chi connectivity index (χ1) is 19.9. The molecule has 1 aliphatic heterocycles. The van der Waals surface area contributed by atoms with Gasteiger partial charge in [0.25, 0.3) is 5.91 Å². The number of aliphatic hydroxyl groups excluding tert-OH is 1. The first-order valence-corrected chi connectivity index (χ1v) is 15.7. The van der Waals surface area contributed by atoms with Crippen LogP contribution in [0.3, 0.4) is 0 Å². The summed E-state index contributed by atoms with van der Waals surface area (Å²) in [5.74, 6) is -0.108. The number of carbonyl (C=O) groups excluding carboxylic acids is 1. The Hall–Kier alpha value is -3.15. The fourth-order valence-electron chi connectivity index (χ4n) is 4.84. The molecule has 3 atom stereocenters. The van der Waals surface area contributed by atoms with E-state index in [4.69, 9.17) is 26.8 Å². The zero-order chi connectivity index (χ0) is 30.5. The minimum atomic E-state index is -3.99. The number of nitrogens with two attached hydrogens (primary N) is 1. The van der Waals surface area contributed by atoms with Gasteiger partial charge in [-0.3, -0.25) is 4.79 Å². The smallest absolute Gasteiger partial charge is 0.252 e. The number of aliphatic hydroxyl groups is 1. The highest BCUT2D eigenvalue weighted by Gasteiger charge is 2.40. The van der Waals surface area contributed by atoms with Gasteiger partial charge in [0.1, 0.15) is 11.9 Å². The third kappa shape index (κ3) is 7.62. The molecule has 1 heterocycles. The molecule has 42 heavy (non-hydrogen) atoms. The van der Waals surface area contributed by atoms with Gasteiger partial charge >= 0.3 is 0 Å². The number of benzene rings is 3. The van der Waals surface area contributed by atoms with Crippen LogP contribution in [-0.2, 0) is 20.3 Å². The summed E-state index contributed by atoms with van der Waals surface area (Å²) in [7, 11) is -3.99. The molecule has 0 aromatic heterocycles. The van der Waals surface area contributed by atoms with Gasteiger partial charge in [0.2, 0.25) is 10.0 Å². The van der Waals surface area contributed by atoms with Crippen LogP contribution in [0.2, 0.25) is 5.02 Å². The lowest BCUT2D eigenvalue weighted by molar-refractivity contribution is 0.0440. The summed E-state index contributed by atoms with van der Waals surface area (Å²) < 4.78 is 40.0. The van der Waals surface area contributed by atoms with Crippen molar-refractivity contribution in [2.75, 3.05) is 32.0 Å². The van der Waals surface area contributed by atoms with Crippen molar-refractivity contribution in [2.24, 2.45) is 5.92 Å². The molecular weight excluding hydrogens is 578 g/mol. The van der Waals surface area contributed by atoms with E-state index in [0.29, 0.717) is 35.2 Å². The number of amides is 1. The second kappa shape index (κ2) is 13.4. The molecule has 1 fully saturated rings. The quantitative estimate of drug-likeness (QED) is 0.257. The number of nitrogen functional groups attached to an aromatic ring is 1. The topological polar surface area (TPSA) is 131 Å². The fourth-order valence-corrected chi connectivity index (χ4v) is 6.68. The Morgan fingerprint density at radius 2 is 1.83 bits per heavy atom. The van der Waals surface area contributed by atoms with Crippen LogP contribution in [0.15, 0.2) is 77.7 Å². The minimum Gasteiger partial charge on any atom is -0.488 e. The van der Waals surface area contributed by atoms with E-state index in [1.807, 2.05) is 19.9 Å². The first kappa shape index (κ1) is 31.8. The third-order valence-electron chi connectivity index (χ3n) is 7.20. The molecule has 226 valence electrons. The lowest BCUT2D eigenvalue weighted by Crippen LogP contribution is -2.56. The van der Waals surface area contributed by atoms with Gasteiger partial charge in [-0.1, -0.05) is 55.8 Å². The van der Waals surface area contributed by atoms with Crippen molar-refractivity contribution in [3.63, 3.8) is 0 Å². The van der Waals surface area contributed by atoms with Crippen LogP contribution in [0.5, 0.6) is 5.75 Å². The van der Waals surface area contributed by atoms with Crippen LogP contribution in [0.4, 0.5) is 5.69 Å². The number of anilines is 1. The molecule has 3 aromatic carbocycles. The van der Waals surface area contributed by atoms with E-state index in [1.165, 1.54) is 34.6 Å². The van der Waals surface area contributed by atoms with E-state index in [0.717, 1.165) is 6.42 Å². The van der Waals surface area contributed by atoms with Crippen molar-refractivity contribution < 1.29 is 27.8 Å². The van der Waals surface area contributed by atoms with Crippen LogP contribution in [-0.4, -0.2) is 62.2 Å². The monoisotopic (exact) mass is 615 g/mol. The predicted molar refractivity (Wildman–Crippen MR) is 163 cm³/mol. The molecule has 4 rings (SSSR count). The standard InChI is InChI=1S/C31H38ClN3O6S/c1-21(2)18-35(42(38,39)28-11-9-25(33)10-12-28)19-29(36)31(3,23-7-5-4-6-8-23)34-30(37)22-15-24(32)17-27(16-22)41-26-13-14-40-20-26/h4-12,15-17,21,26,29,36H,13-14,18-20,33H2,1-3H3,(H,34,37)/t26-,29+,31-/m0/s1. The van der Waals surface area contributed by atoms with E-state index < -0.39 is 27.6 Å². The average Bonchev–Trinajstić information content (AvgIpc) is 3.45. The number of hydrogen-bond donors (Lipinski definition) is 3. The third-order valence-corrected chi connectivity index (χ3v) is 9.26. The molecule has 1 saturated heterocycles. The van der Waals surface area contributed by atoms with Gasteiger partial charge in [-0.25, -0.2) is 8.42 Å². The van der Waals surface area contributed by atoms with E-state index >= 15 is 0 Å². The summed E-state index contributed by atoms with van der Waals surface area (Å²) in [6, 6.07) is 19.6. The number of hydrogen-bond acceptors (Lipinski definition) is 7. The van der Waals surface area contributed by atoms with Crippen LogP contribution in [0.25, 0.3) is 0 Å². The Kier molecular flexibility index (Phi) is 10.2. The van der Waals surface area contributed by atoms with Crippen LogP contribution < -0.4 is 15.8 Å². The lowest BCUT2D eigenvalue weighted by atomic mass is 9.85. The van der Waals surface area contributed by atoms with Crippen LogP contribution in [0.1, 0.15) is 43.1 Å². The molecule has 1 aliphatic rings. The maximum absolute atomic E-state index is 13.7. The zero-order valence-corrected chi connectivity index (χ0v) is 25.6. The minimum absolute atomic E-state index is 0.0338.